The summed E-state index contributed by atoms with van der Waals surface area (Å²) in [6.07, 6.45) is 1.72. The Morgan fingerprint density at radius 3 is 2.39 bits per heavy atom. The summed E-state index contributed by atoms with van der Waals surface area (Å²) in [4.78, 5) is 25.2. The largest absolute Gasteiger partial charge is 0.452 e. The molecule has 4 rings (SSSR count). The van der Waals surface area contributed by atoms with Crippen LogP contribution in [0.5, 0.6) is 11.5 Å². The number of carbonyl (C=O) groups is 2. The fourth-order valence-electron chi connectivity index (χ4n) is 3.41. The number of hydrogen-bond acceptors (Lipinski definition) is 4. The molecule has 1 aliphatic rings. The van der Waals surface area contributed by atoms with Crippen LogP contribution in [0.25, 0.3) is 6.08 Å². The summed E-state index contributed by atoms with van der Waals surface area (Å²) >= 11 is 0. The second-order valence-corrected chi connectivity index (χ2v) is 8.73. The molecule has 3 aromatic carbocycles. The monoisotopic (exact) mass is 412 g/mol. The molecule has 156 valence electrons. The van der Waals surface area contributed by atoms with Crippen molar-refractivity contribution < 1.29 is 19.1 Å². The maximum Gasteiger partial charge on any atom is 0.343 e. The summed E-state index contributed by atoms with van der Waals surface area (Å²) in [5.74, 6) is 0.319. The summed E-state index contributed by atoms with van der Waals surface area (Å²) in [5.41, 5.74) is 4.06. The molecule has 0 unspecified atom stereocenters. The lowest BCUT2D eigenvalue weighted by Gasteiger charge is -2.18. The molecular weight excluding hydrogens is 388 g/mol. The first-order chi connectivity index (χ1) is 14.7. The number of allylic oxidation sites excluding steroid dienone is 1. The van der Waals surface area contributed by atoms with Crippen molar-refractivity contribution in [2.24, 2.45) is 0 Å². The zero-order chi connectivity index (χ0) is 22.2. The molecule has 31 heavy (non-hydrogen) atoms. The normalized spacial score (nSPS) is 14.3. The highest BCUT2D eigenvalue weighted by Gasteiger charge is 2.28. The SMILES string of the molecule is Cc1cccc(/C=C2\Oc3cc(OC(=O)c4ccc(C(C)(C)C)cc4)ccc3C2=O)c1. The van der Waals surface area contributed by atoms with E-state index in [1.54, 1.807) is 36.4 Å². The van der Waals surface area contributed by atoms with Gasteiger partial charge < -0.3 is 9.47 Å². The number of ether oxygens (including phenoxy) is 2. The van der Waals surface area contributed by atoms with Crippen molar-refractivity contribution in [1.29, 1.82) is 0 Å². The molecule has 0 amide bonds. The van der Waals surface area contributed by atoms with E-state index < -0.39 is 5.97 Å². The van der Waals surface area contributed by atoms with Gasteiger partial charge in [-0.05, 0) is 53.8 Å². The standard InChI is InChI=1S/C27H24O4/c1-17-6-5-7-18(14-17)15-24-25(28)22-13-12-21(16-23(22)31-24)30-26(29)19-8-10-20(11-9-19)27(2,3)4/h5-16H,1-4H3/b24-15-. The van der Waals surface area contributed by atoms with Gasteiger partial charge in [-0.3, -0.25) is 4.79 Å². The first kappa shape index (κ1) is 20.6. The first-order valence-electron chi connectivity index (χ1n) is 10.2. The molecule has 0 saturated carbocycles. The fourth-order valence-corrected chi connectivity index (χ4v) is 3.41. The Morgan fingerprint density at radius 1 is 0.968 bits per heavy atom. The van der Waals surface area contributed by atoms with Crippen LogP contribution in [-0.2, 0) is 5.41 Å². The van der Waals surface area contributed by atoms with Gasteiger partial charge in [0.05, 0.1) is 11.1 Å². The average Bonchev–Trinajstić information content (AvgIpc) is 3.02. The lowest BCUT2D eigenvalue weighted by molar-refractivity contribution is 0.0734. The van der Waals surface area contributed by atoms with Crippen LogP contribution < -0.4 is 9.47 Å². The Labute approximate surface area is 182 Å². The van der Waals surface area contributed by atoms with E-state index in [4.69, 9.17) is 9.47 Å². The van der Waals surface area contributed by atoms with E-state index in [1.165, 1.54) is 0 Å². The number of fused-ring (bicyclic) bond motifs is 1. The summed E-state index contributed by atoms with van der Waals surface area (Å²) in [7, 11) is 0. The van der Waals surface area contributed by atoms with Crippen molar-refractivity contribution in [2.45, 2.75) is 33.1 Å². The minimum Gasteiger partial charge on any atom is -0.452 e. The smallest absolute Gasteiger partial charge is 0.343 e. The highest BCUT2D eigenvalue weighted by atomic mass is 16.5. The molecule has 0 spiro atoms. The maximum absolute atomic E-state index is 12.7. The van der Waals surface area contributed by atoms with E-state index in [0.29, 0.717) is 22.6 Å². The topological polar surface area (TPSA) is 52.6 Å². The van der Waals surface area contributed by atoms with Crippen LogP contribution in [-0.4, -0.2) is 11.8 Å². The van der Waals surface area contributed by atoms with Gasteiger partial charge in [0, 0.05) is 6.07 Å². The third-order valence-corrected chi connectivity index (χ3v) is 5.18. The van der Waals surface area contributed by atoms with Gasteiger partial charge in [-0.2, -0.15) is 0 Å². The van der Waals surface area contributed by atoms with Crippen molar-refractivity contribution in [2.75, 3.05) is 0 Å². The molecule has 4 heteroatoms. The second-order valence-electron chi connectivity index (χ2n) is 8.73. The van der Waals surface area contributed by atoms with Crippen LogP contribution in [0.1, 0.15) is 58.2 Å². The minimum atomic E-state index is -0.458. The van der Waals surface area contributed by atoms with Crippen LogP contribution in [0.4, 0.5) is 0 Å². The molecule has 3 aromatic rings. The van der Waals surface area contributed by atoms with Crippen LogP contribution >= 0.6 is 0 Å². The number of ketones is 1. The number of esters is 1. The van der Waals surface area contributed by atoms with Crippen LogP contribution in [0.3, 0.4) is 0 Å². The van der Waals surface area contributed by atoms with Crippen LogP contribution in [0, 0.1) is 6.92 Å². The van der Waals surface area contributed by atoms with E-state index in [0.717, 1.165) is 16.7 Å². The molecule has 0 bridgehead atoms. The van der Waals surface area contributed by atoms with Crippen molar-refractivity contribution in [3.05, 3.63) is 100 Å². The molecule has 0 fully saturated rings. The Kier molecular flexibility index (Phi) is 5.24. The second kappa shape index (κ2) is 7.88. The van der Waals surface area contributed by atoms with E-state index in [2.05, 4.69) is 20.8 Å². The highest BCUT2D eigenvalue weighted by molar-refractivity contribution is 6.14. The first-order valence-corrected chi connectivity index (χ1v) is 10.2. The molecule has 4 nitrogen and oxygen atoms in total. The molecular formula is C27H24O4. The van der Waals surface area contributed by atoms with Crippen molar-refractivity contribution in [3.63, 3.8) is 0 Å². The summed E-state index contributed by atoms with van der Waals surface area (Å²) < 4.78 is 11.3. The third kappa shape index (κ3) is 4.43. The van der Waals surface area contributed by atoms with E-state index in [9.17, 15) is 9.59 Å². The predicted octanol–water partition coefficient (Wildman–Crippen LogP) is 6.13. The number of benzene rings is 3. The van der Waals surface area contributed by atoms with E-state index >= 15 is 0 Å². The zero-order valence-electron chi connectivity index (χ0n) is 18.1. The van der Waals surface area contributed by atoms with Gasteiger partial charge in [0.15, 0.2) is 5.76 Å². The fraction of sp³-hybridized carbons (Fsp3) is 0.185. The summed E-state index contributed by atoms with van der Waals surface area (Å²) in [6.45, 7) is 8.35. The third-order valence-electron chi connectivity index (χ3n) is 5.18. The molecule has 0 radical (unpaired) electrons. The van der Waals surface area contributed by atoms with Crippen LogP contribution in [0.2, 0.25) is 0 Å². The summed E-state index contributed by atoms with van der Waals surface area (Å²) in [6, 6.07) is 20.0. The van der Waals surface area contributed by atoms with Gasteiger partial charge in [0.2, 0.25) is 5.78 Å². The maximum atomic E-state index is 12.7. The molecule has 0 atom stereocenters. The number of Topliss-reactive ketones (excluding diaryl/α,β-unsaturated/α-hetero) is 1. The Morgan fingerprint density at radius 2 is 1.71 bits per heavy atom. The van der Waals surface area contributed by atoms with Crippen molar-refractivity contribution >= 4 is 17.8 Å². The number of carbonyl (C=O) groups excluding carboxylic acids is 2. The quantitative estimate of drug-likeness (QED) is 0.295. The molecule has 1 aliphatic heterocycles. The van der Waals surface area contributed by atoms with Gasteiger partial charge in [-0.25, -0.2) is 4.79 Å². The number of hydrogen-bond donors (Lipinski definition) is 0. The molecule has 0 aliphatic carbocycles. The number of rotatable bonds is 3. The highest BCUT2D eigenvalue weighted by Crippen LogP contribution is 2.35. The van der Waals surface area contributed by atoms with Gasteiger partial charge in [0.1, 0.15) is 11.5 Å². The van der Waals surface area contributed by atoms with E-state index in [1.807, 2.05) is 43.3 Å². The molecule has 1 heterocycles. The van der Waals surface area contributed by atoms with E-state index in [-0.39, 0.29) is 17.0 Å². The van der Waals surface area contributed by atoms with Gasteiger partial charge in [0.25, 0.3) is 0 Å². The van der Waals surface area contributed by atoms with Crippen molar-refractivity contribution in [1.82, 2.24) is 0 Å². The lowest BCUT2D eigenvalue weighted by Crippen LogP contribution is -2.12. The minimum absolute atomic E-state index is 0.00989. The average molecular weight is 412 g/mol. The van der Waals surface area contributed by atoms with Crippen LogP contribution in [0.15, 0.2) is 72.5 Å². The Balaban J connectivity index is 1.51. The number of aryl methyl sites for hydroxylation is 1. The van der Waals surface area contributed by atoms with Crippen molar-refractivity contribution in [3.8, 4) is 11.5 Å². The predicted molar refractivity (Wildman–Crippen MR) is 121 cm³/mol. The Bertz CT molecular complexity index is 1190. The molecule has 0 N–H and O–H groups in total. The Hall–Kier alpha value is -3.66. The lowest BCUT2D eigenvalue weighted by atomic mass is 9.87. The summed E-state index contributed by atoms with van der Waals surface area (Å²) in [5, 5.41) is 0. The van der Waals surface area contributed by atoms with Gasteiger partial charge >= 0.3 is 5.97 Å². The van der Waals surface area contributed by atoms with Gasteiger partial charge in [-0.1, -0.05) is 62.7 Å². The van der Waals surface area contributed by atoms with Gasteiger partial charge in [-0.15, -0.1) is 0 Å². The molecule has 0 saturated heterocycles. The molecule has 0 aromatic heterocycles. The zero-order valence-corrected chi connectivity index (χ0v) is 18.1.